The number of halogens is 1. The number of hydrogen-bond acceptors (Lipinski definition) is 4. The lowest BCUT2D eigenvalue weighted by molar-refractivity contribution is -0.119. The van der Waals surface area contributed by atoms with Crippen molar-refractivity contribution in [1.29, 1.82) is 0 Å². The minimum atomic E-state index is -1.16. The van der Waals surface area contributed by atoms with E-state index < -0.39 is 29.5 Å². The van der Waals surface area contributed by atoms with Crippen LogP contribution in [0.25, 0.3) is 0 Å². The molecule has 2 rings (SSSR count). The summed E-state index contributed by atoms with van der Waals surface area (Å²) in [7, 11) is 0. The first-order chi connectivity index (χ1) is 8.43. The normalized spacial score (nSPS) is 15.8. The van der Waals surface area contributed by atoms with Gasteiger partial charge in [0.25, 0.3) is 11.7 Å². The molecule has 0 fully saturated rings. The van der Waals surface area contributed by atoms with E-state index in [0.717, 1.165) is 11.0 Å². The fourth-order valence-electron chi connectivity index (χ4n) is 1.77. The van der Waals surface area contributed by atoms with Gasteiger partial charge < -0.3 is 11.5 Å². The molecule has 0 aromatic heterocycles. The second-order valence-corrected chi connectivity index (χ2v) is 3.89. The van der Waals surface area contributed by atoms with Crippen LogP contribution in [0.4, 0.5) is 10.1 Å². The largest absolute Gasteiger partial charge is 0.368 e. The van der Waals surface area contributed by atoms with Gasteiger partial charge in [-0.3, -0.25) is 19.3 Å². The zero-order valence-corrected chi connectivity index (χ0v) is 9.22. The molecule has 0 saturated carbocycles. The maximum absolute atomic E-state index is 13.6. The molecule has 0 spiro atoms. The SMILES string of the molecule is NC(=O)C(N)CN1C(=O)C(=O)c2cccc(F)c21. The number of fused-ring (bicyclic) bond motifs is 1. The number of primary amides is 1. The Kier molecular flexibility index (Phi) is 2.84. The standard InChI is InChI=1S/C11H10FN3O3/c12-6-3-1-2-5-8(6)15(11(18)9(5)16)4-7(13)10(14)17/h1-3,7H,4,13H2,(H2,14,17). The molecule has 18 heavy (non-hydrogen) atoms. The molecule has 7 heteroatoms. The number of anilines is 1. The van der Waals surface area contributed by atoms with E-state index in [4.69, 9.17) is 11.5 Å². The molecule has 1 heterocycles. The first kappa shape index (κ1) is 12.2. The molecular formula is C11H10FN3O3. The van der Waals surface area contributed by atoms with Crippen molar-refractivity contribution in [3.63, 3.8) is 0 Å². The summed E-state index contributed by atoms with van der Waals surface area (Å²) in [5, 5.41) is 0. The highest BCUT2D eigenvalue weighted by Gasteiger charge is 2.39. The second-order valence-electron chi connectivity index (χ2n) is 3.89. The highest BCUT2D eigenvalue weighted by molar-refractivity contribution is 6.52. The van der Waals surface area contributed by atoms with Crippen LogP contribution < -0.4 is 16.4 Å². The zero-order valence-electron chi connectivity index (χ0n) is 9.22. The summed E-state index contributed by atoms with van der Waals surface area (Å²) in [4.78, 5) is 35.0. The molecule has 1 atom stereocenters. The van der Waals surface area contributed by atoms with Gasteiger partial charge in [0.05, 0.1) is 17.8 Å². The number of para-hydroxylation sites is 1. The van der Waals surface area contributed by atoms with E-state index in [2.05, 4.69) is 0 Å². The highest BCUT2D eigenvalue weighted by Crippen LogP contribution is 2.31. The van der Waals surface area contributed by atoms with Crippen LogP contribution in [-0.2, 0) is 9.59 Å². The third-order valence-corrected chi connectivity index (χ3v) is 2.69. The van der Waals surface area contributed by atoms with Gasteiger partial charge >= 0.3 is 0 Å². The first-order valence-corrected chi connectivity index (χ1v) is 5.13. The summed E-state index contributed by atoms with van der Waals surface area (Å²) >= 11 is 0. The van der Waals surface area contributed by atoms with Crippen molar-refractivity contribution in [3.05, 3.63) is 29.6 Å². The summed E-state index contributed by atoms with van der Waals surface area (Å²) in [6.45, 7) is -0.326. The average Bonchev–Trinajstić information content (AvgIpc) is 2.56. The number of ketones is 1. The lowest BCUT2D eigenvalue weighted by Gasteiger charge is -2.19. The molecule has 6 nitrogen and oxygen atoms in total. The molecule has 1 aromatic rings. The van der Waals surface area contributed by atoms with Gasteiger partial charge in [0.1, 0.15) is 11.9 Å². The number of carbonyl (C=O) groups is 3. The maximum atomic E-state index is 13.6. The van der Waals surface area contributed by atoms with E-state index in [9.17, 15) is 18.8 Å². The summed E-state index contributed by atoms with van der Waals surface area (Å²) in [5.41, 5.74) is 10.2. The number of hydrogen-bond donors (Lipinski definition) is 2. The monoisotopic (exact) mass is 251 g/mol. The number of carbonyl (C=O) groups excluding carboxylic acids is 3. The Morgan fingerprint density at radius 2 is 2.06 bits per heavy atom. The van der Waals surface area contributed by atoms with Crippen molar-refractivity contribution < 1.29 is 18.8 Å². The molecule has 0 radical (unpaired) electrons. The Labute approximate surface area is 101 Å². The number of rotatable bonds is 3. The zero-order chi connectivity index (χ0) is 13.4. The molecule has 1 unspecified atom stereocenters. The third-order valence-electron chi connectivity index (χ3n) is 2.69. The van der Waals surface area contributed by atoms with Crippen LogP contribution in [-0.4, -0.2) is 30.2 Å². The van der Waals surface area contributed by atoms with Gasteiger partial charge in [-0.1, -0.05) is 6.07 Å². The minimum absolute atomic E-state index is 0.0309. The van der Waals surface area contributed by atoms with Crippen LogP contribution in [0.5, 0.6) is 0 Å². The molecule has 1 aromatic carbocycles. The molecule has 2 amide bonds. The number of nitrogens with zero attached hydrogens (tertiary/aromatic N) is 1. The van der Waals surface area contributed by atoms with Crippen LogP contribution >= 0.6 is 0 Å². The lowest BCUT2D eigenvalue weighted by Crippen LogP contribution is -2.47. The van der Waals surface area contributed by atoms with E-state index in [1.54, 1.807) is 0 Å². The van der Waals surface area contributed by atoms with Gasteiger partial charge in [0.15, 0.2) is 0 Å². The molecule has 1 aliphatic rings. The van der Waals surface area contributed by atoms with E-state index >= 15 is 0 Å². The predicted molar refractivity (Wildman–Crippen MR) is 60.3 cm³/mol. The van der Waals surface area contributed by atoms with E-state index in [1.807, 2.05) is 0 Å². The Morgan fingerprint density at radius 3 is 2.67 bits per heavy atom. The number of Topliss-reactive ketones (excluding diaryl/α,β-unsaturated/α-hetero) is 1. The molecule has 1 aliphatic heterocycles. The quantitative estimate of drug-likeness (QED) is 0.683. The van der Waals surface area contributed by atoms with Crippen LogP contribution in [0, 0.1) is 5.82 Å². The van der Waals surface area contributed by atoms with Gasteiger partial charge in [0.2, 0.25) is 5.91 Å². The van der Waals surface area contributed by atoms with Crippen LogP contribution in [0.3, 0.4) is 0 Å². The molecular weight excluding hydrogens is 241 g/mol. The number of amides is 2. The maximum Gasteiger partial charge on any atom is 0.299 e. The fourth-order valence-corrected chi connectivity index (χ4v) is 1.77. The summed E-state index contributed by atoms with van der Waals surface area (Å²) in [6.07, 6.45) is 0. The van der Waals surface area contributed by atoms with E-state index in [0.29, 0.717) is 0 Å². The Balaban J connectivity index is 2.42. The van der Waals surface area contributed by atoms with E-state index in [-0.39, 0.29) is 17.8 Å². The van der Waals surface area contributed by atoms with Crippen molar-refractivity contribution in [2.75, 3.05) is 11.4 Å². The Morgan fingerprint density at radius 1 is 1.39 bits per heavy atom. The Bertz CT molecular complexity index is 558. The van der Waals surface area contributed by atoms with Crippen LogP contribution in [0.15, 0.2) is 18.2 Å². The fraction of sp³-hybridized carbons (Fsp3) is 0.182. The van der Waals surface area contributed by atoms with Crippen LogP contribution in [0.1, 0.15) is 10.4 Å². The topological polar surface area (TPSA) is 106 Å². The first-order valence-electron chi connectivity index (χ1n) is 5.13. The summed E-state index contributed by atoms with van der Waals surface area (Å²) < 4.78 is 13.6. The third kappa shape index (κ3) is 1.74. The smallest absolute Gasteiger partial charge is 0.299 e. The van der Waals surface area contributed by atoms with Crippen molar-refractivity contribution >= 4 is 23.3 Å². The minimum Gasteiger partial charge on any atom is -0.368 e. The van der Waals surface area contributed by atoms with Gasteiger partial charge in [-0.25, -0.2) is 4.39 Å². The molecule has 4 N–H and O–H groups in total. The number of benzene rings is 1. The molecule has 0 saturated heterocycles. The van der Waals surface area contributed by atoms with Crippen molar-refractivity contribution in [3.8, 4) is 0 Å². The van der Waals surface area contributed by atoms with E-state index in [1.165, 1.54) is 12.1 Å². The molecule has 0 aliphatic carbocycles. The summed E-state index contributed by atoms with van der Waals surface area (Å²) in [6, 6.07) is 2.63. The predicted octanol–water partition coefficient (Wildman–Crippen LogP) is -0.832. The summed E-state index contributed by atoms with van der Waals surface area (Å²) in [5.74, 6) is -3.28. The Hall–Kier alpha value is -2.28. The molecule has 94 valence electrons. The van der Waals surface area contributed by atoms with Gasteiger partial charge in [0, 0.05) is 0 Å². The van der Waals surface area contributed by atoms with Gasteiger partial charge in [-0.05, 0) is 12.1 Å². The van der Waals surface area contributed by atoms with Gasteiger partial charge in [-0.15, -0.1) is 0 Å². The molecule has 0 bridgehead atoms. The average molecular weight is 251 g/mol. The number of nitrogens with two attached hydrogens (primary N) is 2. The highest BCUT2D eigenvalue weighted by atomic mass is 19.1. The van der Waals surface area contributed by atoms with Gasteiger partial charge in [-0.2, -0.15) is 0 Å². The van der Waals surface area contributed by atoms with Crippen molar-refractivity contribution in [2.45, 2.75) is 6.04 Å². The van der Waals surface area contributed by atoms with Crippen LogP contribution in [0.2, 0.25) is 0 Å². The van der Waals surface area contributed by atoms with Crippen molar-refractivity contribution in [2.24, 2.45) is 11.5 Å². The second kappa shape index (κ2) is 4.19. The lowest BCUT2D eigenvalue weighted by atomic mass is 10.1. The van der Waals surface area contributed by atoms with Crippen molar-refractivity contribution in [1.82, 2.24) is 0 Å².